The van der Waals surface area contributed by atoms with Crippen LogP contribution in [0.25, 0.3) is 5.76 Å². The number of unbranched alkanes of at least 4 members (excludes halogenated alkanes) is 1. The molecule has 1 heterocycles. The highest BCUT2D eigenvalue weighted by Gasteiger charge is 2.45. The second-order valence-electron chi connectivity index (χ2n) is 7.68. The van der Waals surface area contributed by atoms with Gasteiger partial charge in [-0.1, -0.05) is 25.5 Å². The Labute approximate surface area is 191 Å². The van der Waals surface area contributed by atoms with Gasteiger partial charge in [0.05, 0.1) is 23.2 Å². The van der Waals surface area contributed by atoms with Crippen molar-refractivity contribution in [2.24, 2.45) is 0 Å². The third-order valence-corrected chi connectivity index (χ3v) is 6.06. The van der Waals surface area contributed by atoms with E-state index in [2.05, 4.69) is 15.9 Å². The minimum absolute atomic E-state index is 0.107. The molecule has 164 valence electrons. The lowest BCUT2D eigenvalue weighted by atomic mass is 9.95. The second-order valence-corrected chi connectivity index (χ2v) is 8.54. The number of methoxy groups -OCH3 is 1. The van der Waals surface area contributed by atoms with Gasteiger partial charge in [0.2, 0.25) is 0 Å². The van der Waals surface area contributed by atoms with E-state index in [9.17, 15) is 14.7 Å². The van der Waals surface area contributed by atoms with Gasteiger partial charge in [-0.2, -0.15) is 0 Å². The number of rotatable bonds is 7. The Morgan fingerprint density at radius 3 is 2.39 bits per heavy atom. The molecule has 1 fully saturated rings. The van der Waals surface area contributed by atoms with Crippen molar-refractivity contribution in [3.63, 3.8) is 0 Å². The van der Waals surface area contributed by atoms with Crippen LogP contribution in [0.5, 0.6) is 5.75 Å². The number of anilines is 1. The number of aliphatic hydroxyl groups is 1. The topological polar surface area (TPSA) is 70.1 Å². The Hall–Kier alpha value is -2.80. The summed E-state index contributed by atoms with van der Waals surface area (Å²) in [5, 5.41) is 11.1. The van der Waals surface area contributed by atoms with Gasteiger partial charge in [-0.05, 0) is 58.2 Å². The molecule has 2 aromatic rings. The van der Waals surface area contributed by atoms with Crippen LogP contribution in [0.1, 0.15) is 36.9 Å². The first-order valence-corrected chi connectivity index (χ1v) is 11.0. The maximum Gasteiger partial charge on any atom is 0.295 e. The number of ketones is 1. The molecule has 1 N–H and O–H groups in total. The molecule has 1 amide bonds. The summed E-state index contributed by atoms with van der Waals surface area (Å²) < 4.78 is 5.89. The molecule has 0 bridgehead atoms. The Kier molecular flexibility index (Phi) is 7.05. The van der Waals surface area contributed by atoms with Crippen molar-refractivity contribution in [1.29, 1.82) is 0 Å². The van der Waals surface area contributed by atoms with Crippen molar-refractivity contribution in [2.75, 3.05) is 32.6 Å². The van der Waals surface area contributed by atoms with Crippen molar-refractivity contribution < 1.29 is 19.4 Å². The zero-order chi connectivity index (χ0) is 22.7. The van der Waals surface area contributed by atoms with Crippen molar-refractivity contribution in [3.8, 4) is 5.75 Å². The average Bonchev–Trinajstić information content (AvgIpc) is 3.01. The predicted molar refractivity (Wildman–Crippen MR) is 125 cm³/mol. The van der Waals surface area contributed by atoms with Crippen LogP contribution in [0.3, 0.4) is 0 Å². The summed E-state index contributed by atoms with van der Waals surface area (Å²) >= 11 is 3.41. The molecule has 0 saturated carbocycles. The van der Waals surface area contributed by atoms with E-state index < -0.39 is 17.7 Å². The third-order valence-electron chi connectivity index (χ3n) is 5.44. The van der Waals surface area contributed by atoms with E-state index in [4.69, 9.17) is 4.74 Å². The average molecular weight is 487 g/mol. The normalized spacial score (nSPS) is 17.8. The maximum absolute atomic E-state index is 13.0. The summed E-state index contributed by atoms with van der Waals surface area (Å²) in [5.74, 6) is -0.829. The van der Waals surface area contributed by atoms with E-state index in [0.29, 0.717) is 22.3 Å². The molecule has 1 aliphatic rings. The fraction of sp³-hybridized carbons (Fsp3) is 0.333. The fourth-order valence-electron chi connectivity index (χ4n) is 3.71. The van der Waals surface area contributed by atoms with E-state index in [-0.39, 0.29) is 11.3 Å². The molecule has 2 aromatic carbocycles. The number of Topliss-reactive ketones (excluding diaryl/α,β-unsaturated/α-hetero) is 1. The van der Waals surface area contributed by atoms with E-state index in [0.717, 1.165) is 24.1 Å². The number of benzene rings is 2. The standard InChI is InChI=1S/C24H27BrN2O4/c1-5-6-13-27-21(15-7-10-17(11-8-15)26(2)3)20(23(29)24(27)30)22(28)16-9-12-19(31-4)18(25)14-16/h7-12,14,21,28H,5-6,13H2,1-4H3/b22-20-. The SMILES string of the molecule is CCCCN1C(=O)C(=O)/C(=C(\O)c2ccc(OC)c(Br)c2)C1c1ccc(N(C)C)cc1. The van der Waals surface area contributed by atoms with Crippen LogP contribution >= 0.6 is 15.9 Å². The first kappa shape index (κ1) is 22.9. The van der Waals surface area contributed by atoms with Crippen LogP contribution in [0.2, 0.25) is 0 Å². The third kappa shape index (κ3) is 4.46. The number of ether oxygens (including phenoxy) is 1. The Balaban J connectivity index is 2.14. The van der Waals surface area contributed by atoms with Gasteiger partial charge in [0.25, 0.3) is 11.7 Å². The first-order chi connectivity index (χ1) is 14.8. The fourth-order valence-corrected chi connectivity index (χ4v) is 4.25. The Bertz CT molecular complexity index is 1010. The second kappa shape index (κ2) is 9.56. The summed E-state index contributed by atoms with van der Waals surface area (Å²) in [6.45, 7) is 2.48. The highest BCUT2D eigenvalue weighted by molar-refractivity contribution is 9.10. The highest BCUT2D eigenvalue weighted by Crippen LogP contribution is 2.40. The molecule has 31 heavy (non-hydrogen) atoms. The molecule has 0 aromatic heterocycles. The molecular weight excluding hydrogens is 460 g/mol. The minimum Gasteiger partial charge on any atom is -0.507 e. The van der Waals surface area contributed by atoms with Gasteiger partial charge < -0.3 is 19.6 Å². The molecule has 7 heteroatoms. The summed E-state index contributed by atoms with van der Waals surface area (Å²) in [6.07, 6.45) is 1.66. The van der Waals surface area contributed by atoms with E-state index in [1.165, 1.54) is 0 Å². The van der Waals surface area contributed by atoms with Crippen LogP contribution < -0.4 is 9.64 Å². The first-order valence-electron chi connectivity index (χ1n) is 10.2. The quantitative estimate of drug-likeness (QED) is 0.347. The summed E-state index contributed by atoms with van der Waals surface area (Å²) in [4.78, 5) is 29.4. The molecule has 1 aliphatic heterocycles. The van der Waals surface area contributed by atoms with E-state index in [1.54, 1.807) is 30.2 Å². The molecule has 0 aliphatic carbocycles. The number of carbonyl (C=O) groups is 2. The summed E-state index contributed by atoms with van der Waals surface area (Å²) in [5.41, 5.74) is 2.34. The summed E-state index contributed by atoms with van der Waals surface area (Å²) in [7, 11) is 5.45. The Morgan fingerprint density at radius 1 is 1.16 bits per heavy atom. The van der Waals surface area contributed by atoms with Crippen LogP contribution in [0.15, 0.2) is 52.5 Å². The van der Waals surface area contributed by atoms with Gasteiger partial charge >= 0.3 is 0 Å². The van der Waals surface area contributed by atoms with E-state index >= 15 is 0 Å². The number of hydrogen-bond acceptors (Lipinski definition) is 5. The lowest BCUT2D eigenvalue weighted by molar-refractivity contribution is -0.139. The van der Waals surface area contributed by atoms with Gasteiger partial charge in [0.15, 0.2) is 0 Å². The van der Waals surface area contributed by atoms with Crippen molar-refractivity contribution in [1.82, 2.24) is 4.90 Å². The number of likely N-dealkylation sites (tertiary alicyclic amines) is 1. The van der Waals surface area contributed by atoms with Gasteiger partial charge in [-0.3, -0.25) is 9.59 Å². The molecule has 6 nitrogen and oxygen atoms in total. The highest BCUT2D eigenvalue weighted by atomic mass is 79.9. The van der Waals surface area contributed by atoms with Crippen LogP contribution in [0.4, 0.5) is 5.69 Å². The molecule has 3 rings (SSSR count). The number of hydrogen-bond donors (Lipinski definition) is 1. The Morgan fingerprint density at radius 2 is 1.84 bits per heavy atom. The molecule has 0 spiro atoms. The maximum atomic E-state index is 13.0. The predicted octanol–water partition coefficient (Wildman–Crippen LogP) is 4.75. The summed E-state index contributed by atoms with van der Waals surface area (Å²) in [6, 6.07) is 12.1. The lowest BCUT2D eigenvalue weighted by Crippen LogP contribution is -2.30. The zero-order valence-electron chi connectivity index (χ0n) is 18.2. The molecular formula is C24H27BrN2O4. The molecule has 1 atom stereocenters. The van der Waals surface area contributed by atoms with Crippen LogP contribution in [-0.2, 0) is 9.59 Å². The smallest absolute Gasteiger partial charge is 0.295 e. The molecule has 1 saturated heterocycles. The monoisotopic (exact) mass is 486 g/mol. The van der Waals surface area contributed by atoms with Gasteiger partial charge in [-0.15, -0.1) is 0 Å². The molecule has 0 radical (unpaired) electrons. The van der Waals surface area contributed by atoms with Gasteiger partial charge in [0, 0.05) is 31.9 Å². The number of halogens is 1. The lowest BCUT2D eigenvalue weighted by Gasteiger charge is -2.25. The zero-order valence-corrected chi connectivity index (χ0v) is 19.8. The van der Waals surface area contributed by atoms with Crippen molar-refractivity contribution in [2.45, 2.75) is 25.8 Å². The molecule has 1 unspecified atom stereocenters. The number of aliphatic hydroxyl groups excluding tert-OH is 1. The van der Waals surface area contributed by atoms with Crippen LogP contribution in [-0.4, -0.2) is 49.4 Å². The van der Waals surface area contributed by atoms with Crippen LogP contribution in [0, 0.1) is 0 Å². The number of nitrogens with zero attached hydrogens (tertiary/aromatic N) is 2. The number of carbonyl (C=O) groups excluding carboxylic acids is 2. The van der Waals surface area contributed by atoms with Crippen molar-refractivity contribution in [3.05, 3.63) is 63.6 Å². The minimum atomic E-state index is -0.665. The number of amides is 1. The largest absolute Gasteiger partial charge is 0.507 e. The van der Waals surface area contributed by atoms with Crippen molar-refractivity contribution >= 4 is 39.1 Å². The van der Waals surface area contributed by atoms with Gasteiger partial charge in [-0.25, -0.2) is 0 Å². The van der Waals surface area contributed by atoms with E-state index in [1.807, 2.05) is 50.2 Å². The van der Waals surface area contributed by atoms with Gasteiger partial charge in [0.1, 0.15) is 11.5 Å².